The van der Waals surface area contributed by atoms with Gasteiger partial charge in [-0.05, 0) is 62.6 Å². The molecule has 0 spiro atoms. The third kappa shape index (κ3) is 7.37. The van der Waals surface area contributed by atoms with Gasteiger partial charge in [0, 0.05) is 23.7 Å². The van der Waals surface area contributed by atoms with Gasteiger partial charge in [-0.1, -0.05) is 48.4 Å². The normalized spacial score (nSPS) is 19.3. The number of fused-ring (bicyclic) bond motifs is 1. The molecule has 39 heavy (non-hydrogen) atoms. The number of phenols is 2. The quantitative estimate of drug-likeness (QED) is 0.132. The summed E-state index contributed by atoms with van der Waals surface area (Å²) in [5.41, 5.74) is 1.96. The molecule has 1 saturated heterocycles. The van der Waals surface area contributed by atoms with Gasteiger partial charge in [-0.25, -0.2) is 0 Å². The number of ketones is 2. The fourth-order valence-corrected chi connectivity index (χ4v) is 8.19. The number of rotatable bonds is 10. The second-order valence-electron chi connectivity index (χ2n) is 10.0. The van der Waals surface area contributed by atoms with E-state index in [1.165, 1.54) is 11.6 Å². The Morgan fingerprint density at radius 2 is 1.79 bits per heavy atom. The van der Waals surface area contributed by atoms with Crippen LogP contribution in [0.15, 0.2) is 60.2 Å². The number of carbonyl (C=O) groups excluding carboxylic acids is 3. The van der Waals surface area contributed by atoms with Crippen LogP contribution in [0.5, 0.6) is 11.5 Å². The van der Waals surface area contributed by atoms with Crippen LogP contribution < -0.4 is 0 Å². The van der Waals surface area contributed by atoms with Crippen LogP contribution in [0.25, 0.3) is 0 Å². The number of aromatic hydroxyl groups is 2. The molecule has 2 aromatic rings. The first-order valence-electron chi connectivity index (χ1n) is 13.2. The second kappa shape index (κ2) is 13.4. The lowest BCUT2D eigenvalue weighted by Crippen LogP contribution is -2.16. The Kier molecular flexibility index (Phi) is 9.97. The number of hydrogen-bond acceptors (Lipinski definition) is 8. The first kappa shape index (κ1) is 29.0. The van der Waals surface area contributed by atoms with Crippen LogP contribution in [0.2, 0.25) is 0 Å². The molecule has 1 unspecified atom stereocenters. The average molecular weight is 567 g/mol. The van der Waals surface area contributed by atoms with E-state index in [0.717, 1.165) is 42.7 Å². The number of thioether (sulfide) groups is 2. The van der Waals surface area contributed by atoms with Crippen LogP contribution in [-0.2, 0) is 9.53 Å². The van der Waals surface area contributed by atoms with Crippen molar-refractivity contribution in [3.05, 3.63) is 82.5 Å². The highest BCUT2D eigenvalue weighted by Crippen LogP contribution is 2.48. The Morgan fingerprint density at radius 3 is 2.51 bits per heavy atom. The lowest BCUT2D eigenvalue weighted by Gasteiger charge is -2.28. The van der Waals surface area contributed by atoms with Gasteiger partial charge < -0.3 is 14.9 Å². The third-order valence-corrected chi connectivity index (χ3v) is 9.97. The van der Waals surface area contributed by atoms with Gasteiger partial charge in [0.25, 0.3) is 0 Å². The SMILES string of the molecule is CC(C)=CC[C@@H](OC(=O)CCCC[C@@H]1CCSC(c2ccccc2)S1)c1cc(O)c2c(c1O)C(=O)C=CC2=O. The molecule has 0 saturated carbocycles. The summed E-state index contributed by atoms with van der Waals surface area (Å²) in [5.74, 6) is -1.28. The molecule has 1 fully saturated rings. The number of allylic oxidation sites excluding steroid dienone is 3. The van der Waals surface area contributed by atoms with Crippen molar-refractivity contribution in [3.8, 4) is 11.5 Å². The molecule has 1 aliphatic carbocycles. The molecule has 6 nitrogen and oxygen atoms in total. The summed E-state index contributed by atoms with van der Waals surface area (Å²) in [6.07, 6.45) is 7.37. The topological polar surface area (TPSA) is 101 Å². The molecule has 0 amide bonds. The van der Waals surface area contributed by atoms with Gasteiger partial charge in [0.15, 0.2) is 11.6 Å². The van der Waals surface area contributed by atoms with E-state index >= 15 is 0 Å². The molecule has 8 heteroatoms. The molecule has 1 aliphatic heterocycles. The molecule has 3 atom stereocenters. The van der Waals surface area contributed by atoms with Crippen molar-refractivity contribution in [2.45, 2.75) is 68.3 Å². The van der Waals surface area contributed by atoms with Crippen LogP contribution in [0.4, 0.5) is 0 Å². The Labute approximate surface area is 237 Å². The van der Waals surface area contributed by atoms with E-state index in [1.54, 1.807) is 0 Å². The average Bonchev–Trinajstić information content (AvgIpc) is 2.93. The maximum Gasteiger partial charge on any atom is 0.306 e. The minimum Gasteiger partial charge on any atom is -0.507 e. The van der Waals surface area contributed by atoms with E-state index in [0.29, 0.717) is 16.3 Å². The van der Waals surface area contributed by atoms with Crippen LogP contribution >= 0.6 is 23.5 Å². The Bertz CT molecular complexity index is 1280. The van der Waals surface area contributed by atoms with Gasteiger partial charge in [0.05, 0.1) is 15.7 Å². The maximum absolute atomic E-state index is 12.8. The summed E-state index contributed by atoms with van der Waals surface area (Å²) in [4.78, 5) is 37.5. The second-order valence-corrected chi connectivity index (χ2v) is 13.0. The van der Waals surface area contributed by atoms with Crippen molar-refractivity contribution in [1.82, 2.24) is 0 Å². The monoisotopic (exact) mass is 566 g/mol. The number of carbonyl (C=O) groups is 3. The Hall–Kier alpha value is -2.97. The molecule has 0 radical (unpaired) electrons. The van der Waals surface area contributed by atoms with Gasteiger partial charge in [-0.2, -0.15) is 0 Å². The molecule has 1 heterocycles. The molecular weight excluding hydrogens is 532 g/mol. The minimum atomic E-state index is -0.907. The molecule has 2 N–H and O–H groups in total. The largest absolute Gasteiger partial charge is 0.507 e. The number of ether oxygens (including phenoxy) is 1. The first-order valence-corrected chi connectivity index (χ1v) is 15.2. The zero-order valence-electron chi connectivity index (χ0n) is 22.2. The van der Waals surface area contributed by atoms with E-state index in [4.69, 9.17) is 4.74 Å². The summed E-state index contributed by atoms with van der Waals surface area (Å²) < 4.78 is 6.21. The van der Waals surface area contributed by atoms with E-state index < -0.39 is 35.1 Å². The van der Waals surface area contributed by atoms with Gasteiger partial charge in [-0.15, -0.1) is 23.5 Å². The highest BCUT2D eigenvalue weighted by Gasteiger charge is 2.31. The van der Waals surface area contributed by atoms with E-state index in [2.05, 4.69) is 24.3 Å². The molecular formula is C31H34O6S2. The number of esters is 1. The van der Waals surface area contributed by atoms with Gasteiger partial charge >= 0.3 is 5.97 Å². The van der Waals surface area contributed by atoms with Gasteiger partial charge in [0.2, 0.25) is 0 Å². The summed E-state index contributed by atoms with van der Waals surface area (Å²) in [6.45, 7) is 3.81. The molecule has 2 aromatic carbocycles. The Balaban J connectivity index is 1.37. The van der Waals surface area contributed by atoms with E-state index in [9.17, 15) is 24.6 Å². The predicted octanol–water partition coefficient (Wildman–Crippen LogP) is 7.47. The van der Waals surface area contributed by atoms with Crippen LogP contribution in [0, 0.1) is 0 Å². The smallest absolute Gasteiger partial charge is 0.306 e. The number of benzene rings is 2. The standard InChI is InChI=1S/C31H34O6S2/c1-19(2)12-15-26(22-18-25(34)28-23(32)13-14-24(33)29(28)30(22)36)37-27(35)11-7-6-10-21-16-17-38-31(39-21)20-8-4-3-5-9-20/h3-5,8-9,12-14,18,21,26,31,34,36H,6-7,10-11,15-17H2,1-2H3/t21-,26-,31?/m1/s1. The van der Waals surface area contributed by atoms with Crippen molar-refractivity contribution in [2.75, 3.05) is 5.75 Å². The summed E-state index contributed by atoms with van der Waals surface area (Å²) in [7, 11) is 0. The predicted molar refractivity (Wildman–Crippen MR) is 157 cm³/mol. The van der Waals surface area contributed by atoms with Crippen molar-refractivity contribution >= 4 is 41.1 Å². The zero-order chi connectivity index (χ0) is 27.9. The fraction of sp³-hybridized carbons (Fsp3) is 0.387. The van der Waals surface area contributed by atoms with E-state index in [1.807, 2.05) is 49.5 Å². The van der Waals surface area contributed by atoms with Crippen LogP contribution in [-0.4, -0.2) is 38.8 Å². The number of unbranched alkanes of at least 4 members (excludes halogenated alkanes) is 1. The van der Waals surface area contributed by atoms with E-state index in [-0.39, 0.29) is 29.5 Å². The van der Waals surface area contributed by atoms with Gasteiger partial charge in [-0.3, -0.25) is 14.4 Å². The maximum atomic E-state index is 12.8. The molecule has 2 aliphatic rings. The highest BCUT2D eigenvalue weighted by atomic mass is 32.2. The highest BCUT2D eigenvalue weighted by molar-refractivity contribution is 8.17. The molecule has 0 bridgehead atoms. The van der Waals surface area contributed by atoms with Crippen molar-refractivity contribution in [3.63, 3.8) is 0 Å². The van der Waals surface area contributed by atoms with Crippen LogP contribution in [0.1, 0.15) is 94.9 Å². The number of hydrogen-bond donors (Lipinski definition) is 2. The zero-order valence-corrected chi connectivity index (χ0v) is 23.9. The van der Waals surface area contributed by atoms with Crippen molar-refractivity contribution in [2.24, 2.45) is 0 Å². The number of phenolic OH excluding ortho intramolecular Hbond substituents is 2. The summed E-state index contributed by atoms with van der Waals surface area (Å²) in [6, 6.07) is 11.8. The van der Waals surface area contributed by atoms with Crippen LogP contribution in [0.3, 0.4) is 0 Å². The minimum absolute atomic E-state index is 0.108. The lowest BCUT2D eigenvalue weighted by molar-refractivity contribution is -0.149. The molecule has 4 rings (SSSR count). The Morgan fingerprint density at radius 1 is 1.08 bits per heavy atom. The lowest BCUT2D eigenvalue weighted by atomic mass is 9.89. The molecule has 0 aromatic heterocycles. The third-order valence-electron chi connectivity index (χ3n) is 6.80. The van der Waals surface area contributed by atoms with Crippen molar-refractivity contribution in [1.29, 1.82) is 0 Å². The fourth-order valence-electron chi connectivity index (χ4n) is 4.76. The summed E-state index contributed by atoms with van der Waals surface area (Å²) >= 11 is 4.00. The first-order chi connectivity index (χ1) is 18.7. The van der Waals surface area contributed by atoms with Crippen molar-refractivity contribution < 1.29 is 29.3 Å². The summed E-state index contributed by atoms with van der Waals surface area (Å²) in [5, 5.41) is 22.0. The van der Waals surface area contributed by atoms with Gasteiger partial charge in [0.1, 0.15) is 17.6 Å². The molecule has 206 valence electrons.